The van der Waals surface area contributed by atoms with E-state index < -0.39 is 0 Å². The zero-order valence-corrected chi connectivity index (χ0v) is 14.3. The van der Waals surface area contributed by atoms with Crippen LogP contribution in [0.25, 0.3) is 0 Å². The second-order valence-electron chi connectivity index (χ2n) is 6.10. The van der Waals surface area contributed by atoms with Crippen molar-refractivity contribution >= 4 is 21.6 Å². The van der Waals surface area contributed by atoms with Gasteiger partial charge in [0.05, 0.1) is 18.8 Å². The fourth-order valence-electron chi connectivity index (χ4n) is 3.79. The molecule has 0 fully saturated rings. The van der Waals surface area contributed by atoms with E-state index in [0.29, 0.717) is 11.6 Å². The van der Waals surface area contributed by atoms with Gasteiger partial charge in [0.25, 0.3) is 0 Å². The lowest BCUT2D eigenvalue weighted by Gasteiger charge is -2.37. The van der Waals surface area contributed by atoms with Crippen molar-refractivity contribution in [2.75, 3.05) is 12.4 Å². The van der Waals surface area contributed by atoms with Crippen LogP contribution in [-0.4, -0.2) is 7.11 Å². The van der Waals surface area contributed by atoms with Crippen molar-refractivity contribution in [2.24, 2.45) is 5.92 Å². The molecule has 118 valence electrons. The number of methoxy groups -OCH3 is 1. The number of hydrogen-bond donors (Lipinski definition) is 1. The van der Waals surface area contributed by atoms with Gasteiger partial charge in [0.2, 0.25) is 0 Å². The fraction of sp³-hybridized carbons (Fsp3) is 0.263. The van der Waals surface area contributed by atoms with E-state index >= 15 is 0 Å². The van der Waals surface area contributed by atoms with Crippen LogP contribution >= 0.6 is 15.9 Å². The van der Waals surface area contributed by atoms with Crippen LogP contribution in [0.1, 0.15) is 29.5 Å². The Morgan fingerprint density at radius 1 is 1.26 bits per heavy atom. The third kappa shape index (κ3) is 2.45. The minimum absolute atomic E-state index is 0.0771. The van der Waals surface area contributed by atoms with Crippen LogP contribution in [0.2, 0.25) is 0 Å². The Hall–Kier alpha value is -1.81. The van der Waals surface area contributed by atoms with Gasteiger partial charge in [-0.3, -0.25) is 0 Å². The molecule has 4 rings (SSSR count). The van der Waals surface area contributed by atoms with Gasteiger partial charge in [-0.05, 0) is 47.7 Å². The van der Waals surface area contributed by atoms with Gasteiger partial charge >= 0.3 is 0 Å². The zero-order chi connectivity index (χ0) is 16.0. The molecule has 1 aliphatic carbocycles. The zero-order valence-electron chi connectivity index (χ0n) is 12.7. The first kappa shape index (κ1) is 14.8. The van der Waals surface area contributed by atoms with Gasteiger partial charge in [-0.1, -0.05) is 40.2 Å². The van der Waals surface area contributed by atoms with Crippen LogP contribution in [0.4, 0.5) is 10.1 Å². The number of ether oxygens (including phenoxy) is 1. The molecule has 0 saturated heterocycles. The van der Waals surface area contributed by atoms with Crippen molar-refractivity contribution in [3.05, 3.63) is 70.0 Å². The van der Waals surface area contributed by atoms with E-state index in [1.807, 2.05) is 24.3 Å². The molecule has 0 radical (unpaired) electrons. The van der Waals surface area contributed by atoms with Crippen LogP contribution < -0.4 is 10.1 Å². The molecule has 0 spiro atoms. The topological polar surface area (TPSA) is 21.3 Å². The summed E-state index contributed by atoms with van der Waals surface area (Å²) in [6.07, 6.45) is 5.41. The quantitative estimate of drug-likeness (QED) is 0.709. The highest BCUT2D eigenvalue weighted by Crippen LogP contribution is 2.51. The number of benzene rings is 2. The van der Waals surface area contributed by atoms with E-state index in [2.05, 4.69) is 39.5 Å². The maximum atomic E-state index is 14.5. The first-order valence-corrected chi connectivity index (χ1v) is 8.53. The molecule has 2 aliphatic rings. The van der Waals surface area contributed by atoms with Crippen LogP contribution in [0, 0.1) is 11.7 Å². The fourth-order valence-corrected chi connectivity index (χ4v) is 4.23. The van der Waals surface area contributed by atoms with E-state index in [1.54, 1.807) is 7.11 Å². The lowest BCUT2D eigenvalue weighted by molar-refractivity contribution is 0.405. The largest absolute Gasteiger partial charge is 0.497 e. The first-order chi connectivity index (χ1) is 11.2. The van der Waals surface area contributed by atoms with E-state index in [9.17, 15) is 4.39 Å². The Bertz CT molecular complexity index is 789. The van der Waals surface area contributed by atoms with Crippen molar-refractivity contribution < 1.29 is 9.13 Å². The van der Waals surface area contributed by atoms with Gasteiger partial charge < -0.3 is 10.1 Å². The summed E-state index contributed by atoms with van der Waals surface area (Å²) in [4.78, 5) is 0. The Labute approximate surface area is 143 Å². The van der Waals surface area contributed by atoms with Crippen LogP contribution in [0.3, 0.4) is 0 Å². The summed E-state index contributed by atoms with van der Waals surface area (Å²) in [6.45, 7) is 0. The van der Waals surface area contributed by atoms with E-state index in [0.717, 1.165) is 27.8 Å². The van der Waals surface area contributed by atoms with Gasteiger partial charge in [0, 0.05) is 10.4 Å². The molecule has 0 bridgehead atoms. The SMILES string of the molecule is COc1cccc([C@H]2Nc3c(F)cc(Br)cc3C3C=CCC32)c1. The Morgan fingerprint density at radius 3 is 2.96 bits per heavy atom. The molecule has 0 saturated carbocycles. The van der Waals surface area contributed by atoms with Gasteiger partial charge in [-0.15, -0.1) is 0 Å². The summed E-state index contributed by atoms with van der Waals surface area (Å²) < 4.78 is 20.6. The molecule has 1 N–H and O–H groups in total. The number of nitrogens with one attached hydrogen (secondary N) is 1. The number of hydrogen-bond acceptors (Lipinski definition) is 2. The summed E-state index contributed by atoms with van der Waals surface area (Å²) in [6, 6.07) is 11.7. The minimum atomic E-state index is -0.207. The third-order valence-electron chi connectivity index (χ3n) is 4.84. The molecule has 2 aromatic carbocycles. The Kier molecular flexibility index (Phi) is 3.64. The molecule has 0 aromatic heterocycles. The van der Waals surface area contributed by atoms with Gasteiger partial charge in [-0.25, -0.2) is 4.39 Å². The number of allylic oxidation sites excluding steroid dienone is 2. The Morgan fingerprint density at radius 2 is 2.13 bits per heavy atom. The number of fused-ring (bicyclic) bond motifs is 3. The highest BCUT2D eigenvalue weighted by atomic mass is 79.9. The molecule has 4 heteroatoms. The number of anilines is 1. The average molecular weight is 374 g/mol. The first-order valence-electron chi connectivity index (χ1n) is 7.73. The van der Waals surface area contributed by atoms with Crippen LogP contribution in [0.5, 0.6) is 5.75 Å². The van der Waals surface area contributed by atoms with Gasteiger partial charge in [0.1, 0.15) is 11.6 Å². The molecule has 2 unspecified atom stereocenters. The standard InChI is InChI=1S/C19H17BrFNO/c1-23-13-5-2-4-11(8-13)18-15-7-3-6-14(15)16-9-12(20)10-17(21)19(16)22-18/h2-6,8-10,14-15,18,22H,7H2,1H3/t14?,15?,18-/m1/s1. The average Bonchev–Trinajstić information content (AvgIpc) is 3.04. The summed E-state index contributed by atoms with van der Waals surface area (Å²) in [7, 11) is 1.67. The number of halogens is 2. The number of rotatable bonds is 2. The predicted molar refractivity (Wildman–Crippen MR) is 93.4 cm³/mol. The summed E-state index contributed by atoms with van der Waals surface area (Å²) in [5.74, 6) is 1.26. The van der Waals surface area contributed by atoms with Crippen molar-refractivity contribution in [1.29, 1.82) is 0 Å². The lowest BCUT2D eigenvalue weighted by atomic mass is 9.77. The second-order valence-corrected chi connectivity index (χ2v) is 7.02. The molecule has 0 amide bonds. The maximum absolute atomic E-state index is 14.5. The van der Waals surface area contributed by atoms with Gasteiger partial charge in [-0.2, -0.15) is 0 Å². The van der Waals surface area contributed by atoms with E-state index in [-0.39, 0.29) is 17.8 Å². The molecule has 2 aromatic rings. The molecule has 1 aliphatic heterocycles. The second kappa shape index (κ2) is 5.68. The monoisotopic (exact) mass is 373 g/mol. The van der Waals surface area contributed by atoms with Crippen LogP contribution in [-0.2, 0) is 0 Å². The van der Waals surface area contributed by atoms with Crippen molar-refractivity contribution in [3.63, 3.8) is 0 Å². The third-order valence-corrected chi connectivity index (χ3v) is 5.30. The summed E-state index contributed by atoms with van der Waals surface area (Å²) in [5, 5.41) is 3.44. The molecular formula is C19H17BrFNO. The predicted octanol–water partition coefficient (Wildman–Crippen LogP) is 5.42. The highest BCUT2D eigenvalue weighted by Gasteiger charge is 2.39. The van der Waals surface area contributed by atoms with Crippen molar-refractivity contribution in [2.45, 2.75) is 18.4 Å². The van der Waals surface area contributed by atoms with E-state index in [4.69, 9.17) is 4.74 Å². The smallest absolute Gasteiger partial charge is 0.147 e. The van der Waals surface area contributed by atoms with Crippen molar-refractivity contribution in [1.82, 2.24) is 0 Å². The normalized spacial score (nSPS) is 24.7. The molecule has 1 heterocycles. The molecular weight excluding hydrogens is 357 g/mol. The molecule has 2 nitrogen and oxygen atoms in total. The highest BCUT2D eigenvalue weighted by molar-refractivity contribution is 9.10. The lowest BCUT2D eigenvalue weighted by Crippen LogP contribution is -2.29. The summed E-state index contributed by atoms with van der Waals surface area (Å²) in [5.41, 5.74) is 2.79. The Balaban J connectivity index is 1.81. The minimum Gasteiger partial charge on any atom is -0.497 e. The molecule has 3 atom stereocenters. The van der Waals surface area contributed by atoms with E-state index in [1.165, 1.54) is 6.07 Å². The van der Waals surface area contributed by atoms with Gasteiger partial charge in [0.15, 0.2) is 0 Å². The molecule has 23 heavy (non-hydrogen) atoms. The van der Waals surface area contributed by atoms with Crippen LogP contribution in [0.15, 0.2) is 53.0 Å². The maximum Gasteiger partial charge on any atom is 0.147 e. The summed E-state index contributed by atoms with van der Waals surface area (Å²) >= 11 is 3.41. The van der Waals surface area contributed by atoms with Crippen molar-refractivity contribution in [3.8, 4) is 5.75 Å².